The first-order valence-corrected chi connectivity index (χ1v) is 4.63. The zero-order valence-corrected chi connectivity index (χ0v) is 8.23. The molecular formula is C11H15NO2. The van der Waals surface area contributed by atoms with Crippen LogP contribution in [0.3, 0.4) is 0 Å². The molecule has 76 valence electrons. The highest BCUT2D eigenvalue weighted by molar-refractivity contribution is 5.81. The molecule has 1 aromatic carbocycles. The predicted molar refractivity (Wildman–Crippen MR) is 55.1 cm³/mol. The van der Waals surface area contributed by atoms with Gasteiger partial charge in [-0.3, -0.25) is 4.79 Å². The molecule has 3 nitrogen and oxygen atoms in total. The van der Waals surface area contributed by atoms with Gasteiger partial charge in [-0.1, -0.05) is 12.1 Å². The zero-order valence-electron chi connectivity index (χ0n) is 8.23. The fourth-order valence-electron chi connectivity index (χ4n) is 1.19. The maximum atomic E-state index is 10.9. The van der Waals surface area contributed by atoms with Crippen molar-refractivity contribution in [1.29, 1.82) is 0 Å². The average molecular weight is 193 g/mol. The van der Waals surface area contributed by atoms with E-state index in [1.165, 1.54) is 6.92 Å². The summed E-state index contributed by atoms with van der Waals surface area (Å²) >= 11 is 0. The van der Waals surface area contributed by atoms with Crippen molar-refractivity contribution in [2.75, 3.05) is 0 Å². The standard InChI is InChI=1S/C11H15NO2/c1-8(13)11(12)7-4-9-2-5-10(14)6-3-9/h2-3,5-6,11,14H,4,7,12H2,1H3/t11-/m1/s1. The molecule has 0 radical (unpaired) electrons. The fourth-order valence-corrected chi connectivity index (χ4v) is 1.19. The van der Waals surface area contributed by atoms with Gasteiger partial charge in [0, 0.05) is 0 Å². The summed E-state index contributed by atoms with van der Waals surface area (Å²) in [5.41, 5.74) is 6.68. The first-order chi connectivity index (χ1) is 6.59. The number of Topliss-reactive ketones (excluding diaryl/α,β-unsaturated/α-hetero) is 1. The number of nitrogens with two attached hydrogens (primary N) is 1. The molecule has 0 saturated heterocycles. The Bertz CT molecular complexity index is 306. The average Bonchev–Trinajstić information content (AvgIpc) is 2.16. The summed E-state index contributed by atoms with van der Waals surface area (Å²) in [6, 6.07) is 6.57. The van der Waals surface area contributed by atoms with Gasteiger partial charge in [-0.05, 0) is 37.5 Å². The molecule has 0 heterocycles. The van der Waals surface area contributed by atoms with E-state index in [1.54, 1.807) is 12.1 Å². The largest absolute Gasteiger partial charge is 0.508 e. The third-order valence-corrected chi connectivity index (χ3v) is 2.20. The number of hydrogen-bond acceptors (Lipinski definition) is 3. The minimum absolute atomic E-state index is 0.0174. The van der Waals surface area contributed by atoms with Gasteiger partial charge in [0.1, 0.15) is 11.5 Å². The Morgan fingerprint density at radius 2 is 2.00 bits per heavy atom. The van der Waals surface area contributed by atoms with Crippen LogP contribution in [0.2, 0.25) is 0 Å². The summed E-state index contributed by atoms with van der Waals surface area (Å²) in [6.07, 6.45) is 1.42. The number of phenolic OH excluding ortho intramolecular Hbond substituents is 1. The molecule has 1 rings (SSSR count). The third-order valence-electron chi connectivity index (χ3n) is 2.20. The van der Waals surface area contributed by atoms with Crippen molar-refractivity contribution in [3.8, 4) is 5.75 Å². The molecule has 0 bridgehead atoms. The normalized spacial score (nSPS) is 12.4. The monoisotopic (exact) mass is 193 g/mol. The molecule has 3 N–H and O–H groups in total. The first-order valence-electron chi connectivity index (χ1n) is 4.63. The second kappa shape index (κ2) is 4.77. The molecule has 0 aliphatic carbocycles. The van der Waals surface area contributed by atoms with E-state index in [2.05, 4.69) is 0 Å². The number of phenols is 1. The Morgan fingerprint density at radius 3 is 2.50 bits per heavy atom. The number of rotatable bonds is 4. The van der Waals surface area contributed by atoms with Crippen molar-refractivity contribution in [2.45, 2.75) is 25.8 Å². The van der Waals surface area contributed by atoms with Crippen LogP contribution >= 0.6 is 0 Å². The molecule has 0 amide bonds. The Hall–Kier alpha value is -1.35. The second-order valence-corrected chi connectivity index (χ2v) is 3.42. The van der Waals surface area contributed by atoms with Gasteiger partial charge in [-0.2, -0.15) is 0 Å². The zero-order chi connectivity index (χ0) is 10.6. The van der Waals surface area contributed by atoms with Crippen LogP contribution < -0.4 is 5.73 Å². The van der Waals surface area contributed by atoms with Gasteiger partial charge in [0.15, 0.2) is 0 Å². The molecule has 1 atom stereocenters. The van der Waals surface area contributed by atoms with Gasteiger partial charge in [-0.25, -0.2) is 0 Å². The van der Waals surface area contributed by atoms with E-state index in [4.69, 9.17) is 10.8 Å². The van der Waals surface area contributed by atoms with E-state index in [0.29, 0.717) is 6.42 Å². The van der Waals surface area contributed by atoms with Gasteiger partial charge in [0.05, 0.1) is 6.04 Å². The fraction of sp³-hybridized carbons (Fsp3) is 0.364. The summed E-state index contributed by atoms with van der Waals surface area (Å²) in [5, 5.41) is 9.04. The molecule has 0 aromatic heterocycles. The molecule has 3 heteroatoms. The Balaban J connectivity index is 2.46. The minimum Gasteiger partial charge on any atom is -0.508 e. The van der Waals surface area contributed by atoms with E-state index >= 15 is 0 Å². The van der Waals surface area contributed by atoms with Crippen LogP contribution in [-0.4, -0.2) is 16.9 Å². The maximum absolute atomic E-state index is 10.9. The van der Waals surface area contributed by atoms with Crippen molar-refractivity contribution in [2.24, 2.45) is 5.73 Å². The third kappa shape index (κ3) is 3.18. The van der Waals surface area contributed by atoms with E-state index in [9.17, 15) is 4.79 Å². The highest BCUT2D eigenvalue weighted by atomic mass is 16.3. The number of aromatic hydroxyl groups is 1. The number of carbonyl (C=O) groups excluding carboxylic acids is 1. The Morgan fingerprint density at radius 1 is 1.43 bits per heavy atom. The summed E-state index contributed by atoms with van der Waals surface area (Å²) in [6.45, 7) is 1.50. The summed E-state index contributed by atoms with van der Waals surface area (Å²) < 4.78 is 0. The summed E-state index contributed by atoms with van der Waals surface area (Å²) in [4.78, 5) is 10.9. The molecule has 0 saturated carbocycles. The SMILES string of the molecule is CC(=O)[C@H](N)CCc1ccc(O)cc1. The molecule has 14 heavy (non-hydrogen) atoms. The van der Waals surface area contributed by atoms with E-state index in [1.807, 2.05) is 12.1 Å². The smallest absolute Gasteiger partial charge is 0.146 e. The predicted octanol–water partition coefficient (Wildman–Crippen LogP) is 1.24. The van der Waals surface area contributed by atoms with E-state index < -0.39 is 0 Å². The summed E-state index contributed by atoms with van der Waals surface area (Å²) in [7, 11) is 0. The topological polar surface area (TPSA) is 63.3 Å². The summed E-state index contributed by atoms with van der Waals surface area (Å²) in [5.74, 6) is 0.272. The quantitative estimate of drug-likeness (QED) is 0.756. The lowest BCUT2D eigenvalue weighted by molar-refractivity contribution is -0.118. The first kappa shape index (κ1) is 10.7. The maximum Gasteiger partial charge on any atom is 0.146 e. The van der Waals surface area contributed by atoms with Gasteiger partial charge in [0.25, 0.3) is 0 Å². The van der Waals surface area contributed by atoms with E-state index in [-0.39, 0.29) is 17.6 Å². The molecule has 0 fully saturated rings. The lowest BCUT2D eigenvalue weighted by atomic mass is 10.0. The van der Waals surface area contributed by atoms with Crippen LogP contribution in [0.15, 0.2) is 24.3 Å². The van der Waals surface area contributed by atoms with Gasteiger partial charge < -0.3 is 10.8 Å². The van der Waals surface area contributed by atoms with Crippen molar-refractivity contribution < 1.29 is 9.90 Å². The molecule has 0 aliphatic heterocycles. The lowest BCUT2D eigenvalue weighted by Crippen LogP contribution is -2.28. The van der Waals surface area contributed by atoms with Crippen LogP contribution in [0.1, 0.15) is 18.9 Å². The van der Waals surface area contributed by atoms with E-state index in [0.717, 1.165) is 12.0 Å². The molecule has 0 aliphatic rings. The highest BCUT2D eigenvalue weighted by Crippen LogP contribution is 2.11. The van der Waals surface area contributed by atoms with Gasteiger partial charge in [-0.15, -0.1) is 0 Å². The second-order valence-electron chi connectivity index (χ2n) is 3.42. The number of benzene rings is 1. The van der Waals surface area contributed by atoms with Crippen molar-refractivity contribution in [3.05, 3.63) is 29.8 Å². The van der Waals surface area contributed by atoms with Crippen LogP contribution in [0, 0.1) is 0 Å². The number of carbonyl (C=O) groups is 1. The van der Waals surface area contributed by atoms with Crippen LogP contribution in [-0.2, 0) is 11.2 Å². The van der Waals surface area contributed by atoms with Gasteiger partial charge >= 0.3 is 0 Å². The molecule has 1 aromatic rings. The molecule has 0 unspecified atom stereocenters. The van der Waals surface area contributed by atoms with Crippen molar-refractivity contribution >= 4 is 5.78 Å². The number of hydrogen-bond donors (Lipinski definition) is 2. The minimum atomic E-state index is -0.371. The number of ketones is 1. The lowest BCUT2D eigenvalue weighted by Gasteiger charge is -2.07. The Labute approximate surface area is 83.6 Å². The van der Waals surface area contributed by atoms with Crippen LogP contribution in [0.5, 0.6) is 5.75 Å². The van der Waals surface area contributed by atoms with Crippen LogP contribution in [0.4, 0.5) is 0 Å². The van der Waals surface area contributed by atoms with Gasteiger partial charge in [0.2, 0.25) is 0 Å². The molecule has 0 spiro atoms. The number of aryl methyl sites for hydroxylation is 1. The molecular weight excluding hydrogens is 178 g/mol. The Kier molecular flexibility index (Phi) is 3.65. The van der Waals surface area contributed by atoms with Crippen LogP contribution in [0.25, 0.3) is 0 Å². The highest BCUT2D eigenvalue weighted by Gasteiger charge is 2.07. The van der Waals surface area contributed by atoms with Crippen molar-refractivity contribution in [3.63, 3.8) is 0 Å². The van der Waals surface area contributed by atoms with Crippen molar-refractivity contribution in [1.82, 2.24) is 0 Å².